The molecule has 0 atom stereocenters. The summed E-state index contributed by atoms with van der Waals surface area (Å²) in [7, 11) is 1.70. The normalized spacial score (nSPS) is 20.5. The smallest absolute Gasteiger partial charge is 0.203 e. The number of hydrogen-bond donors (Lipinski definition) is 1. The maximum absolute atomic E-state index is 6.14. The number of fused-ring (bicyclic) bond motifs is 1. The molecule has 4 heteroatoms. The van der Waals surface area contributed by atoms with Crippen LogP contribution in [0.5, 0.6) is 17.2 Å². The lowest BCUT2D eigenvalue weighted by atomic mass is 9.69. The monoisotopic (exact) mass is 277 g/mol. The molecule has 0 spiro atoms. The summed E-state index contributed by atoms with van der Waals surface area (Å²) in [5, 5.41) is 0. The third-order valence-corrected chi connectivity index (χ3v) is 4.64. The van der Waals surface area contributed by atoms with Gasteiger partial charge < -0.3 is 19.9 Å². The van der Waals surface area contributed by atoms with Crippen molar-refractivity contribution in [2.45, 2.75) is 37.5 Å². The molecule has 0 unspecified atom stereocenters. The van der Waals surface area contributed by atoms with E-state index in [1.54, 1.807) is 7.11 Å². The van der Waals surface area contributed by atoms with E-state index in [2.05, 4.69) is 6.07 Å². The molecule has 1 saturated carbocycles. The minimum atomic E-state index is 0.0272. The molecular formula is C16H23NO3. The number of ether oxygens (including phenoxy) is 3. The number of hydrogen-bond acceptors (Lipinski definition) is 4. The largest absolute Gasteiger partial charge is 0.492 e. The first kappa shape index (κ1) is 13.6. The topological polar surface area (TPSA) is 53.7 Å². The van der Waals surface area contributed by atoms with Crippen molar-refractivity contribution < 1.29 is 14.2 Å². The Balaban J connectivity index is 2.08. The third kappa shape index (κ3) is 2.12. The van der Waals surface area contributed by atoms with E-state index in [0.29, 0.717) is 19.8 Å². The van der Waals surface area contributed by atoms with Crippen molar-refractivity contribution in [3.05, 3.63) is 17.7 Å². The van der Waals surface area contributed by atoms with Crippen LogP contribution in [0.25, 0.3) is 0 Å². The summed E-state index contributed by atoms with van der Waals surface area (Å²) in [4.78, 5) is 0. The quantitative estimate of drug-likeness (QED) is 0.922. The van der Waals surface area contributed by atoms with Crippen molar-refractivity contribution in [2.75, 3.05) is 26.9 Å². The molecule has 3 rings (SSSR count). The number of rotatable bonds is 3. The molecule has 1 aromatic rings. The zero-order valence-corrected chi connectivity index (χ0v) is 12.1. The van der Waals surface area contributed by atoms with Gasteiger partial charge in [-0.05, 0) is 18.9 Å². The molecule has 1 fully saturated rings. The van der Waals surface area contributed by atoms with E-state index in [-0.39, 0.29) is 5.41 Å². The lowest BCUT2D eigenvalue weighted by Crippen LogP contribution is -2.37. The Kier molecular flexibility index (Phi) is 3.74. The van der Waals surface area contributed by atoms with Crippen LogP contribution in [-0.4, -0.2) is 26.9 Å². The van der Waals surface area contributed by atoms with Crippen LogP contribution in [0, 0.1) is 0 Å². The average molecular weight is 277 g/mol. The Morgan fingerprint density at radius 2 is 1.90 bits per heavy atom. The number of benzene rings is 1. The SMILES string of the molecule is COc1c(C2(CN)CCCCC2)ccc2c1OCCO2. The highest BCUT2D eigenvalue weighted by molar-refractivity contribution is 5.58. The van der Waals surface area contributed by atoms with Crippen LogP contribution >= 0.6 is 0 Å². The van der Waals surface area contributed by atoms with Gasteiger partial charge in [0.15, 0.2) is 11.5 Å². The molecule has 1 aromatic carbocycles. The van der Waals surface area contributed by atoms with E-state index in [0.717, 1.165) is 30.1 Å². The number of nitrogens with two attached hydrogens (primary N) is 1. The predicted molar refractivity (Wildman–Crippen MR) is 77.8 cm³/mol. The lowest BCUT2D eigenvalue weighted by molar-refractivity contribution is 0.163. The van der Waals surface area contributed by atoms with Gasteiger partial charge in [0, 0.05) is 17.5 Å². The molecule has 110 valence electrons. The summed E-state index contributed by atoms with van der Waals surface area (Å²) < 4.78 is 17.1. The highest BCUT2D eigenvalue weighted by Crippen LogP contribution is 2.49. The van der Waals surface area contributed by atoms with Gasteiger partial charge in [-0.1, -0.05) is 25.3 Å². The molecule has 1 aliphatic carbocycles. The average Bonchev–Trinajstić information content (AvgIpc) is 2.54. The summed E-state index contributed by atoms with van der Waals surface area (Å²) >= 11 is 0. The Morgan fingerprint density at radius 1 is 1.15 bits per heavy atom. The van der Waals surface area contributed by atoms with Gasteiger partial charge in [0.2, 0.25) is 5.75 Å². The molecule has 2 N–H and O–H groups in total. The van der Waals surface area contributed by atoms with Crippen LogP contribution < -0.4 is 19.9 Å². The molecule has 1 heterocycles. The first-order valence-electron chi connectivity index (χ1n) is 7.48. The van der Waals surface area contributed by atoms with Gasteiger partial charge in [-0.3, -0.25) is 0 Å². The van der Waals surface area contributed by atoms with Crippen molar-refractivity contribution >= 4 is 0 Å². The fourth-order valence-electron chi connectivity index (χ4n) is 3.52. The van der Waals surface area contributed by atoms with Gasteiger partial charge in [-0.25, -0.2) is 0 Å². The van der Waals surface area contributed by atoms with Crippen molar-refractivity contribution in [3.8, 4) is 17.2 Å². The second-order valence-corrected chi connectivity index (χ2v) is 5.72. The van der Waals surface area contributed by atoms with E-state index < -0.39 is 0 Å². The third-order valence-electron chi connectivity index (χ3n) is 4.64. The van der Waals surface area contributed by atoms with E-state index in [4.69, 9.17) is 19.9 Å². The van der Waals surface area contributed by atoms with Crippen LogP contribution in [0.2, 0.25) is 0 Å². The van der Waals surface area contributed by atoms with Crippen molar-refractivity contribution in [2.24, 2.45) is 5.73 Å². The van der Waals surface area contributed by atoms with Crippen molar-refractivity contribution in [1.82, 2.24) is 0 Å². The summed E-state index contributed by atoms with van der Waals surface area (Å²) in [6, 6.07) is 4.11. The van der Waals surface area contributed by atoms with Gasteiger partial charge >= 0.3 is 0 Å². The fraction of sp³-hybridized carbons (Fsp3) is 0.625. The van der Waals surface area contributed by atoms with Gasteiger partial charge in [0.25, 0.3) is 0 Å². The molecule has 20 heavy (non-hydrogen) atoms. The minimum Gasteiger partial charge on any atom is -0.492 e. The molecule has 1 aliphatic heterocycles. The van der Waals surface area contributed by atoms with Gasteiger partial charge in [0.05, 0.1) is 7.11 Å². The Hall–Kier alpha value is -1.42. The molecule has 4 nitrogen and oxygen atoms in total. The van der Waals surface area contributed by atoms with E-state index >= 15 is 0 Å². The molecule has 0 saturated heterocycles. The van der Waals surface area contributed by atoms with Gasteiger partial charge in [-0.15, -0.1) is 0 Å². The highest BCUT2D eigenvalue weighted by Gasteiger charge is 2.37. The molecule has 0 amide bonds. The molecule has 0 bridgehead atoms. The first-order valence-corrected chi connectivity index (χ1v) is 7.48. The van der Waals surface area contributed by atoms with Crippen LogP contribution in [0.4, 0.5) is 0 Å². The molecule has 2 aliphatic rings. The zero-order chi connectivity index (χ0) is 14.0. The second kappa shape index (κ2) is 5.52. The number of methoxy groups -OCH3 is 1. The standard InChI is InChI=1S/C16H23NO3/c1-18-14-12(16(11-17)7-3-2-4-8-16)5-6-13-15(14)20-10-9-19-13/h5-6H,2-4,7-11,17H2,1H3. The Morgan fingerprint density at radius 3 is 2.60 bits per heavy atom. The molecule has 0 radical (unpaired) electrons. The maximum Gasteiger partial charge on any atom is 0.203 e. The lowest BCUT2D eigenvalue weighted by Gasteiger charge is -2.38. The van der Waals surface area contributed by atoms with Gasteiger partial charge in [0.1, 0.15) is 13.2 Å². The summed E-state index contributed by atoms with van der Waals surface area (Å²) in [5.74, 6) is 2.34. The second-order valence-electron chi connectivity index (χ2n) is 5.72. The van der Waals surface area contributed by atoms with E-state index in [9.17, 15) is 0 Å². The van der Waals surface area contributed by atoms with Gasteiger partial charge in [-0.2, -0.15) is 0 Å². The predicted octanol–water partition coefficient (Wildman–Crippen LogP) is 2.63. The van der Waals surface area contributed by atoms with Crippen LogP contribution in [0.15, 0.2) is 12.1 Å². The van der Waals surface area contributed by atoms with Crippen molar-refractivity contribution in [1.29, 1.82) is 0 Å². The first-order chi connectivity index (χ1) is 9.80. The highest BCUT2D eigenvalue weighted by atomic mass is 16.6. The van der Waals surface area contributed by atoms with E-state index in [1.807, 2.05) is 6.07 Å². The van der Waals surface area contributed by atoms with Crippen LogP contribution in [0.1, 0.15) is 37.7 Å². The van der Waals surface area contributed by atoms with Crippen molar-refractivity contribution in [3.63, 3.8) is 0 Å². The zero-order valence-electron chi connectivity index (χ0n) is 12.1. The van der Waals surface area contributed by atoms with E-state index in [1.165, 1.54) is 24.8 Å². The molecular weight excluding hydrogens is 254 g/mol. The fourth-order valence-corrected chi connectivity index (χ4v) is 3.52. The molecule has 0 aromatic heterocycles. The summed E-state index contributed by atoms with van der Waals surface area (Å²) in [6.45, 7) is 1.82. The Bertz CT molecular complexity index is 481. The van der Waals surface area contributed by atoms with Crippen LogP contribution in [-0.2, 0) is 5.41 Å². The Labute approximate surface area is 120 Å². The summed E-state index contributed by atoms with van der Waals surface area (Å²) in [5.41, 5.74) is 7.36. The minimum absolute atomic E-state index is 0.0272. The summed E-state index contributed by atoms with van der Waals surface area (Å²) in [6.07, 6.45) is 6.01. The van der Waals surface area contributed by atoms with Crippen LogP contribution in [0.3, 0.4) is 0 Å². The maximum atomic E-state index is 6.14.